The summed E-state index contributed by atoms with van der Waals surface area (Å²) in [4.78, 5) is 2.46. The minimum absolute atomic E-state index is 0.640. The van der Waals surface area contributed by atoms with Gasteiger partial charge < -0.3 is 4.90 Å². The van der Waals surface area contributed by atoms with Gasteiger partial charge in [-0.05, 0) is 31.9 Å². The molecule has 0 amide bonds. The van der Waals surface area contributed by atoms with E-state index in [1.807, 2.05) is 12.1 Å². The lowest BCUT2D eigenvalue weighted by molar-refractivity contribution is 0.733. The number of halogens is 2. The van der Waals surface area contributed by atoms with Crippen molar-refractivity contribution in [3.05, 3.63) is 28.8 Å². The van der Waals surface area contributed by atoms with Crippen molar-refractivity contribution in [2.24, 2.45) is 0 Å². The molecule has 15 heavy (non-hydrogen) atoms. The Morgan fingerprint density at radius 1 is 1.53 bits per heavy atom. The van der Waals surface area contributed by atoms with Crippen molar-refractivity contribution < 1.29 is 0 Å². The number of anilines is 1. The maximum Gasteiger partial charge on any atom is 0.0467 e. The first-order chi connectivity index (χ1) is 7.24. The van der Waals surface area contributed by atoms with Gasteiger partial charge in [0.25, 0.3) is 0 Å². The first-order valence-corrected chi connectivity index (χ1v) is 6.84. The average molecular weight is 289 g/mol. The van der Waals surface area contributed by atoms with Crippen molar-refractivity contribution in [2.45, 2.75) is 31.1 Å². The van der Waals surface area contributed by atoms with E-state index in [1.165, 1.54) is 24.1 Å². The summed E-state index contributed by atoms with van der Waals surface area (Å²) >= 11 is 9.71. The third-order valence-corrected chi connectivity index (χ3v) is 4.01. The molecule has 1 heterocycles. The minimum atomic E-state index is 0.640. The van der Waals surface area contributed by atoms with Crippen LogP contribution in [0.3, 0.4) is 0 Å². The highest BCUT2D eigenvalue weighted by molar-refractivity contribution is 9.08. The summed E-state index contributed by atoms with van der Waals surface area (Å²) in [5.41, 5.74) is 2.51. The maximum absolute atomic E-state index is 6.20. The van der Waals surface area contributed by atoms with Crippen LogP contribution in [0.1, 0.15) is 25.3 Å². The molecule has 82 valence electrons. The van der Waals surface area contributed by atoms with E-state index >= 15 is 0 Å². The molecule has 3 heteroatoms. The highest BCUT2D eigenvalue weighted by Crippen LogP contribution is 2.33. The van der Waals surface area contributed by atoms with Crippen molar-refractivity contribution in [1.82, 2.24) is 0 Å². The zero-order valence-corrected chi connectivity index (χ0v) is 11.2. The molecule has 1 aliphatic heterocycles. The molecule has 1 fully saturated rings. The van der Waals surface area contributed by atoms with E-state index in [2.05, 4.69) is 33.8 Å². The molecule has 1 aromatic rings. The summed E-state index contributed by atoms with van der Waals surface area (Å²) in [7, 11) is 0. The monoisotopic (exact) mass is 287 g/mol. The first kappa shape index (κ1) is 11.3. The lowest BCUT2D eigenvalue weighted by Gasteiger charge is -2.26. The lowest BCUT2D eigenvalue weighted by Crippen LogP contribution is -2.27. The van der Waals surface area contributed by atoms with Crippen LogP contribution in [-0.4, -0.2) is 12.6 Å². The Bertz CT molecular complexity index is 353. The van der Waals surface area contributed by atoms with Gasteiger partial charge in [0, 0.05) is 34.2 Å². The average Bonchev–Trinajstić information content (AvgIpc) is 2.64. The number of benzene rings is 1. The van der Waals surface area contributed by atoms with Gasteiger partial charge in [0.2, 0.25) is 0 Å². The topological polar surface area (TPSA) is 3.24 Å². The van der Waals surface area contributed by atoms with Gasteiger partial charge in [0.1, 0.15) is 0 Å². The van der Waals surface area contributed by atoms with Gasteiger partial charge in [-0.15, -0.1) is 0 Å². The van der Waals surface area contributed by atoms with Gasteiger partial charge in [0.05, 0.1) is 0 Å². The predicted octanol–water partition coefficient (Wildman–Crippen LogP) is 4.22. The quantitative estimate of drug-likeness (QED) is 0.736. The summed E-state index contributed by atoms with van der Waals surface area (Å²) in [6, 6.07) is 6.81. The number of alkyl halides is 1. The minimum Gasteiger partial charge on any atom is -0.369 e. The highest BCUT2D eigenvalue weighted by Gasteiger charge is 2.22. The van der Waals surface area contributed by atoms with E-state index in [4.69, 9.17) is 11.6 Å². The van der Waals surface area contributed by atoms with Gasteiger partial charge in [-0.1, -0.05) is 33.6 Å². The summed E-state index contributed by atoms with van der Waals surface area (Å²) in [6.45, 7) is 3.44. The number of rotatable bonds is 2. The molecule has 0 radical (unpaired) electrons. The van der Waals surface area contributed by atoms with Crippen molar-refractivity contribution in [3.8, 4) is 0 Å². The zero-order valence-electron chi connectivity index (χ0n) is 8.84. The van der Waals surface area contributed by atoms with Crippen LogP contribution >= 0.6 is 27.5 Å². The van der Waals surface area contributed by atoms with Crippen LogP contribution in [0.15, 0.2) is 18.2 Å². The Balaban J connectivity index is 2.38. The standard InChI is InChI=1S/C12H15BrClN/c1-9-4-3-7-15(9)12-6-2-5-11(14)10(12)8-13/h2,5-6,9H,3-4,7-8H2,1H3. The van der Waals surface area contributed by atoms with Crippen molar-refractivity contribution in [2.75, 3.05) is 11.4 Å². The molecule has 0 spiro atoms. The Labute approximate surface area is 105 Å². The van der Waals surface area contributed by atoms with Crippen molar-refractivity contribution in [3.63, 3.8) is 0 Å². The smallest absolute Gasteiger partial charge is 0.0467 e. The second-order valence-electron chi connectivity index (χ2n) is 4.06. The fourth-order valence-electron chi connectivity index (χ4n) is 2.24. The molecular weight excluding hydrogens is 273 g/mol. The highest BCUT2D eigenvalue weighted by atomic mass is 79.9. The molecule has 0 N–H and O–H groups in total. The molecule has 1 saturated heterocycles. The van der Waals surface area contributed by atoms with E-state index in [0.717, 1.165) is 16.9 Å². The summed E-state index contributed by atoms with van der Waals surface area (Å²) in [5.74, 6) is 0. The largest absolute Gasteiger partial charge is 0.369 e. The second kappa shape index (κ2) is 4.75. The SMILES string of the molecule is CC1CCCN1c1cccc(Cl)c1CBr. The van der Waals surface area contributed by atoms with Gasteiger partial charge >= 0.3 is 0 Å². The van der Waals surface area contributed by atoms with Crippen LogP contribution in [0.25, 0.3) is 0 Å². The molecule has 0 aliphatic carbocycles. The van der Waals surface area contributed by atoms with Crippen LogP contribution < -0.4 is 4.90 Å². The van der Waals surface area contributed by atoms with Crippen LogP contribution in [0.4, 0.5) is 5.69 Å². The fraction of sp³-hybridized carbons (Fsp3) is 0.500. The Kier molecular flexibility index (Phi) is 3.57. The van der Waals surface area contributed by atoms with Gasteiger partial charge in [-0.3, -0.25) is 0 Å². The summed E-state index contributed by atoms with van der Waals surface area (Å²) in [5, 5.41) is 1.69. The first-order valence-electron chi connectivity index (χ1n) is 5.34. The lowest BCUT2D eigenvalue weighted by atomic mass is 10.1. The van der Waals surface area contributed by atoms with E-state index in [0.29, 0.717) is 6.04 Å². The zero-order chi connectivity index (χ0) is 10.8. The fourth-order valence-corrected chi connectivity index (χ4v) is 3.23. The Morgan fingerprint density at radius 2 is 2.33 bits per heavy atom. The van der Waals surface area contributed by atoms with Gasteiger partial charge in [-0.2, -0.15) is 0 Å². The molecule has 1 nitrogen and oxygen atoms in total. The van der Waals surface area contributed by atoms with E-state index in [9.17, 15) is 0 Å². The number of nitrogens with zero attached hydrogens (tertiary/aromatic N) is 1. The molecule has 0 saturated carbocycles. The third-order valence-electron chi connectivity index (χ3n) is 3.09. The molecule has 0 aromatic heterocycles. The molecular formula is C12H15BrClN. The molecule has 1 atom stereocenters. The molecule has 1 aromatic carbocycles. The van der Waals surface area contributed by atoms with E-state index in [1.54, 1.807) is 0 Å². The molecule has 1 aliphatic rings. The number of hydrogen-bond donors (Lipinski definition) is 0. The third kappa shape index (κ3) is 2.16. The van der Waals surface area contributed by atoms with E-state index < -0.39 is 0 Å². The van der Waals surface area contributed by atoms with E-state index in [-0.39, 0.29) is 0 Å². The second-order valence-corrected chi connectivity index (χ2v) is 5.02. The van der Waals surface area contributed by atoms with Crippen LogP contribution in [-0.2, 0) is 5.33 Å². The molecule has 2 rings (SSSR count). The maximum atomic E-state index is 6.20. The Morgan fingerprint density at radius 3 is 2.93 bits per heavy atom. The van der Waals surface area contributed by atoms with Crippen LogP contribution in [0.2, 0.25) is 5.02 Å². The number of hydrogen-bond acceptors (Lipinski definition) is 1. The van der Waals surface area contributed by atoms with Crippen LogP contribution in [0.5, 0.6) is 0 Å². The van der Waals surface area contributed by atoms with Gasteiger partial charge in [-0.25, -0.2) is 0 Å². The molecule has 0 bridgehead atoms. The van der Waals surface area contributed by atoms with Gasteiger partial charge in [0.15, 0.2) is 0 Å². The summed E-state index contributed by atoms with van der Waals surface area (Å²) < 4.78 is 0. The predicted molar refractivity (Wildman–Crippen MR) is 70.1 cm³/mol. The molecule has 1 unspecified atom stereocenters. The Hall–Kier alpha value is -0.210. The van der Waals surface area contributed by atoms with Crippen molar-refractivity contribution >= 4 is 33.2 Å². The van der Waals surface area contributed by atoms with Crippen molar-refractivity contribution in [1.29, 1.82) is 0 Å². The normalized spacial score (nSPS) is 21.0. The van der Waals surface area contributed by atoms with Crippen LogP contribution in [0, 0.1) is 0 Å². The summed E-state index contributed by atoms with van der Waals surface area (Å²) in [6.07, 6.45) is 2.57.